The van der Waals surface area contributed by atoms with E-state index in [1.165, 1.54) is 31.2 Å². The zero-order valence-corrected chi connectivity index (χ0v) is 16.6. The number of aliphatic carboxylic acids is 1. The predicted octanol–water partition coefficient (Wildman–Crippen LogP) is 1.84. The molecule has 0 unspecified atom stereocenters. The minimum Gasteiger partial charge on any atom is -0.480 e. The fraction of sp³-hybridized carbons (Fsp3) is 0.263. The summed E-state index contributed by atoms with van der Waals surface area (Å²) in [5, 5.41) is 14.4. The fourth-order valence-corrected chi connectivity index (χ4v) is 2.99. The Kier molecular flexibility index (Phi) is 7.62. The number of carbonyl (C=O) groups is 3. The molecule has 28 heavy (non-hydrogen) atoms. The highest BCUT2D eigenvalue weighted by molar-refractivity contribution is 9.10. The lowest BCUT2D eigenvalue weighted by molar-refractivity contribution is -0.142. The van der Waals surface area contributed by atoms with Crippen LogP contribution in [0.25, 0.3) is 0 Å². The van der Waals surface area contributed by atoms with Gasteiger partial charge in [-0.3, -0.25) is 9.59 Å². The van der Waals surface area contributed by atoms with Crippen LogP contribution < -0.4 is 10.6 Å². The SMILES string of the molecule is CC(=O)N[C@@H](Cc1ccc(F)cc1)C(=O)N[C@@H](Cc1cccnc1Br)C(=O)O. The molecule has 0 bridgehead atoms. The van der Waals surface area contributed by atoms with Crippen molar-refractivity contribution in [2.45, 2.75) is 31.8 Å². The van der Waals surface area contributed by atoms with Crippen molar-refractivity contribution >= 4 is 33.7 Å². The molecule has 1 aromatic carbocycles. The van der Waals surface area contributed by atoms with Crippen molar-refractivity contribution in [1.29, 1.82) is 0 Å². The maximum absolute atomic E-state index is 13.1. The number of halogens is 2. The quantitative estimate of drug-likeness (QED) is 0.530. The maximum atomic E-state index is 13.1. The van der Waals surface area contributed by atoms with Gasteiger partial charge in [-0.1, -0.05) is 18.2 Å². The van der Waals surface area contributed by atoms with E-state index in [0.29, 0.717) is 15.7 Å². The number of benzene rings is 1. The molecule has 0 fully saturated rings. The number of amides is 2. The van der Waals surface area contributed by atoms with Gasteiger partial charge in [-0.2, -0.15) is 0 Å². The lowest BCUT2D eigenvalue weighted by Gasteiger charge is -2.21. The monoisotopic (exact) mass is 451 g/mol. The van der Waals surface area contributed by atoms with Gasteiger partial charge in [0, 0.05) is 26.0 Å². The highest BCUT2D eigenvalue weighted by atomic mass is 79.9. The number of nitrogens with zero attached hydrogens (tertiary/aromatic N) is 1. The molecular formula is C19H19BrFN3O4. The van der Waals surface area contributed by atoms with Crippen LogP contribution in [-0.4, -0.2) is 40.0 Å². The summed E-state index contributed by atoms with van der Waals surface area (Å²) >= 11 is 3.25. The van der Waals surface area contributed by atoms with Crippen LogP contribution in [0, 0.1) is 5.82 Å². The molecule has 9 heteroatoms. The summed E-state index contributed by atoms with van der Waals surface area (Å²) in [7, 11) is 0. The molecule has 148 valence electrons. The summed E-state index contributed by atoms with van der Waals surface area (Å²) in [6.45, 7) is 1.26. The zero-order chi connectivity index (χ0) is 20.7. The van der Waals surface area contributed by atoms with Gasteiger partial charge >= 0.3 is 5.97 Å². The molecule has 2 aromatic rings. The van der Waals surface area contributed by atoms with Crippen molar-refractivity contribution in [3.63, 3.8) is 0 Å². The molecule has 1 heterocycles. The Balaban J connectivity index is 2.14. The third kappa shape index (κ3) is 6.41. The number of carboxylic acid groups (broad SMARTS) is 1. The molecule has 0 aliphatic carbocycles. The van der Waals surface area contributed by atoms with E-state index in [-0.39, 0.29) is 12.8 Å². The van der Waals surface area contributed by atoms with Gasteiger partial charge in [-0.25, -0.2) is 14.2 Å². The van der Waals surface area contributed by atoms with Crippen LogP contribution in [0.2, 0.25) is 0 Å². The fourth-order valence-electron chi connectivity index (χ4n) is 2.57. The van der Waals surface area contributed by atoms with E-state index < -0.39 is 35.7 Å². The van der Waals surface area contributed by atoms with Gasteiger partial charge < -0.3 is 15.7 Å². The number of hydrogen-bond donors (Lipinski definition) is 3. The summed E-state index contributed by atoms with van der Waals surface area (Å²) in [6, 6.07) is 6.64. The summed E-state index contributed by atoms with van der Waals surface area (Å²) in [4.78, 5) is 39.8. The average Bonchev–Trinajstić information content (AvgIpc) is 2.63. The highest BCUT2D eigenvalue weighted by Gasteiger charge is 2.27. The van der Waals surface area contributed by atoms with E-state index in [0.717, 1.165) is 0 Å². The first kappa shape index (κ1) is 21.5. The average molecular weight is 452 g/mol. The van der Waals surface area contributed by atoms with E-state index in [4.69, 9.17) is 0 Å². The summed E-state index contributed by atoms with van der Waals surface area (Å²) < 4.78 is 13.6. The normalized spacial score (nSPS) is 12.7. The van der Waals surface area contributed by atoms with E-state index >= 15 is 0 Å². The second-order valence-electron chi connectivity index (χ2n) is 6.14. The molecular weight excluding hydrogens is 433 g/mol. The van der Waals surface area contributed by atoms with Crippen molar-refractivity contribution in [1.82, 2.24) is 15.6 Å². The lowest BCUT2D eigenvalue weighted by Crippen LogP contribution is -2.52. The smallest absolute Gasteiger partial charge is 0.326 e. The Morgan fingerprint density at radius 2 is 1.79 bits per heavy atom. The number of pyridine rings is 1. The summed E-state index contributed by atoms with van der Waals surface area (Å²) in [5.41, 5.74) is 1.24. The van der Waals surface area contributed by atoms with Crippen molar-refractivity contribution in [3.05, 3.63) is 64.1 Å². The first-order valence-corrected chi connectivity index (χ1v) is 9.19. The van der Waals surface area contributed by atoms with Gasteiger partial charge in [-0.05, 0) is 45.3 Å². The number of rotatable bonds is 8. The molecule has 1 aromatic heterocycles. The van der Waals surface area contributed by atoms with Gasteiger partial charge in [-0.15, -0.1) is 0 Å². The van der Waals surface area contributed by atoms with Crippen LogP contribution in [-0.2, 0) is 27.2 Å². The maximum Gasteiger partial charge on any atom is 0.326 e. The first-order chi connectivity index (χ1) is 13.3. The topological polar surface area (TPSA) is 108 Å². The van der Waals surface area contributed by atoms with Gasteiger partial charge in [0.15, 0.2) is 0 Å². The van der Waals surface area contributed by atoms with Crippen LogP contribution in [0.5, 0.6) is 0 Å². The van der Waals surface area contributed by atoms with E-state index in [2.05, 4.69) is 31.5 Å². The number of hydrogen-bond acceptors (Lipinski definition) is 4. The Morgan fingerprint density at radius 1 is 1.11 bits per heavy atom. The third-order valence-electron chi connectivity index (χ3n) is 3.92. The Labute approximate surface area is 169 Å². The number of carboxylic acids is 1. The van der Waals surface area contributed by atoms with Gasteiger partial charge in [0.2, 0.25) is 11.8 Å². The van der Waals surface area contributed by atoms with Crippen LogP contribution in [0.1, 0.15) is 18.1 Å². The van der Waals surface area contributed by atoms with Crippen molar-refractivity contribution in [2.24, 2.45) is 0 Å². The molecule has 0 saturated carbocycles. The molecule has 3 N–H and O–H groups in total. The molecule has 0 aliphatic rings. The molecule has 0 saturated heterocycles. The number of nitrogens with one attached hydrogen (secondary N) is 2. The van der Waals surface area contributed by atoms with Gasteiger partial charge in [0.25, 0.3) is 0 Å². The van der Waals surface area contributed by atoms with Crippen LogP contribution in [0.15, 0.2) is 47.2 Å². The van der Waals surface area contributed by atoms with Gasteiger partial charge in [0.05, 0.1) is 0 Å². The minimum atomic E-state index is -1.22. The van der Waals surface area contributed by atoms with Crippen molar-refractivity contribution in [2.75, 3.05) is 0 Å². The highest BCUT2D eigenvalue weighted by Crippen LogP contribution is 2.15. The zero-order valence-electron chi connectivity index (χ0n) is 15.0. The molecule has 0 spiro atoms. The van der Waals surface area contributed by atoms with Crippen molar-refractivity contribution in [3.8, 4) is 0 Å². The molecule has 0 aliphatic heterocycles. The second-order valence-corrected chi connectivity index (χ2v) is 6.89. The van der Waals surface area contributed by atoms with Gasteiger partial charge in [0.1, 0.15) is 22.5 Å². The largest absolute Gasteiger partial charge is 0.480 e. The Hall–Kier alpha value is -2.81. The molecule has 0 radical (unpaired) electrons. The van der Waals surface area contributed by atoms with Crippen LogP contribution in [0.4, 0.5) is 4.39 Å². The number of aromatic nitrogens is 1. The van der Waals surface area contributed by atoms with E-state index in [1.54, 1.807) is 18.3 Å². The predicted molar refractivity (Wildman–Crippen MR) is 103 cm³/mol. The van der Waals surface area contributed by atoms with E-state index in [9.17, 15) is 23.9 Å². The second kappa shape index (κ2) is 9.93. The van der Waals surface area contributed by atoms with Crippen LogP contribution in [0.3, 0.4) is 0 Å². The lowest BCUT2D eigenvalue weighted by atomic mass is 10.0. The van der Waals surface area contributed by atoms with E-state index in [1.807, 2.05) is 0 Å². The molecule has 2 rings (SSSR count). The van der Waals surface area contributed by atoms with Crippen LogP contribution >= 0.6 is 15.9 Å². The molecule has 7 nitrogen and oxygen atoms in total. The number of carbonyl (C=O) groups excluding carboxylic acids is 2. The first-order valence-electron chi connectivity index (χ1n) is 8.40. The Morgan fingerprint density at radius 3 is 2.36 bits per heavy atom. The van der Waals surface area contributed by atoms with Crippen molar-refractivity contribution < 1.29 is 23.9 Å². The summed E-state index contributed by atoms with van der Waals surface area (Å²) in [5.74, 6) is -2.72. The standard InChI is InChI=1S/C19H19BrFN3O4/c1-11(25)23-15(9-12-4-6-14(21)7-5-12)18(26)24-16(19(27)28)10-13-3-2-8-22-17(13)20/h2-8,15-16H,9-10H2,1H3,(H,23,25)(H,24,26)(H,27,28)/t15-,16-/m0/s1. The summed E-state index contributed by atoms with van der Waals surface area (Å²) in [6.07, 6.45) is 1.66. The molecule has 2 amide bonds. The molecule has 2 atom stereocenters. The third-order valence-corrected chi connectivity index (χ3v) is 4.64. The minimum absolute atomic E-state index is 0.0127. The Bertz CT molecular complexity index is 861.